The Bertz CT molecular complexity index is 935. The highest BCUT2D eigenvalue weighted by atomic mass is 35.5. The maximum Gasteiger partial charge on any atom is 0.326 e. The highest BCUT2D eigenvalue weighted by molar-refractivity contribution is 7.92. The Morgan fingerprint density at radius 2 is 1.71 bits per heavy atom. The molecule has 0 saturated heterocycles. The molecule has 0 spiro atoms. The summed E-state index contributed by atoms with van der Waals surface area (Å²) in [4.78, 5) is 11.7. The Kier molecular flexibility index (Phi) is 3.86. The fraction of sp³-hybridized carbons (Fsp3) is 0.176. The van der Waals surface area contributed by atoms with Crippen LogP contribution in [0.15, 0.2) is 59.5 Å². The number of nitrogens with zero attached hydrogens (tertiary/aromatic N) is 1. The topological polar surface area (TPSA) is 95.2 Å². The second kappa shape index (κ2) is 5.62. The van der Waals surface area contributed by atoms with Crippen LogP contribution in [0.4, 0.5) is 0 Å². The summed E-state index contributed by atoms with van der Waals surface area (Å²) in [6.07, 6.45) is 0. The van der Waals surface area contributed by atoms with E-state index in [1.807, 2.05) is 0 Å². The van der Waals surface area contributed by atoms with Crippen LogP contribution in [-0.2, 0) is 14.6 Å². The van der Waals surface area contributed by atoms with Gasteiger partial charge < -0.3 is 5.11 Å². The number of sulfone groups is 1. The zero-order valence-corrected chi connectivity index (χ0v) is 13.8. The van der Waals surface area contributed by atoms with Gasteiger partial charge in [0.05, 0.1) is 11.0 Å². The number of rotatable bonds is 4. The fourth-order valence-corrected chi connectivity index (χ4v) is 5.48. The summed E-state index contributed by atoms with van der Waals surface area (Å²) in [5, 5.41) is 18.1. The molecule has 3 unspecified atom stereocenters. The lowest BCUT2D eigenvalue weighted by atomic mass is 10.0. The number of halogens is 1. The Morgan fingerprint density at radius 1 is 1.12 bits per heavy atom. The van der Waals surface area contributed by atoms with Gasteiger partial charge in [0, 0.05) is 10.9 Å². The van der Waals surface area contributed by atoms with Gasteiger partial charge in [0.25, 0.3) is 0 Å². The van der Waals surface area contributed by atoms with Crippen LogP contribution in [0.3, 0.4) is 0 Å². The molecule has 2 aromatic rings. The molecule has 1 fully saturated rings. The highest BCUT2D eigenvalue weighted by Gasteiger charge is 2.77. The third-order valence-electron chi connectivity index (χ3n) is 4.31. The molecule has 0 amide bonds. The maximum absolute atomic E-state index is 12.9. The van der Waals surface area contributed by atoms with Crippen molar-refractivity contribution in [1.29, 1.82) is 5.26 Å². The molecule has 3 rings (SSSR count). The van der Waals surface area contributed by atoms with Crippen molar-refractivity contribution < 1.29 is 18.3 Å². The molecule has 3 atom stereocenters. The molecule has 2 aromatic carbocycles. The molecular formula is C17H12ClNO4S. The van der Waals surface area contributed by atoms with Crippen molar-refractivity contribution in [2.75, 3.05) is 0 Å². The quantitative estimate of drug-likeness (QED) is 0.903. The van der Waals surface area contributed by atoms with E-state index in [9.17, 15) is 23.6 Å². The zero-order valence-electron chi connectivity index (χ0n) is 12.3. The molecule has 1 aliphatic rings. The van der Waals surface area contributed by atoms with E-state index >= 15 is 0 Å². The molecule has 7 heteroatoms. The molecule has 0 aliphatic heterocycles. The van der Waals surface area contributed by atoms with E-state index in [0.717, 1.165) is 0 Å². The summed E-state index contributed by atoms with van der Waals surface area (Å²) >= 11 is 5.83. The summed E-state index contributed by atoms with van der Waals surface area (Å²) in [7, 11) is -3.97. The second-order valence-corrected chi connectivity index (χ2v) is 8.10. The Balaban J connectivity index is 2.13. The van der Waals surface area contributed by atoms with Crippen molar-refractivity contribution in [3.63, 3.8) is 0 Å². The average Bonchev–Trinajstić information content (AvgIpc) is 3.28. The van der Waals surface area contributed by atoms with E-state index in [4.69, 9.17) is 11.6 Å². The van der Waals surface area contributed by atoms with Crippen molar-refractivity contribution >= 4 is 27.4 Å². The van der Waals surface area contributed by atoms with Crippen LogP contribution in [0.25, 0.3) is 0 Å². The number of aliphatic carboxylic acids is 1. The number of nitriles is 1. The molecular weight excluding hydrogens is 350 g/mol. The Labute approximate surface area is 144 Å². The molecule has 1 saturated carbocycles. The van der Waals surface area contributed by atoms with E-state index < -0.39 is 32.4 Å². The van der Waals surface area contributed by atoms with Crippen LogP contribution in [0.2, 0.25) is 5.02 Å². The Morgan fingerprint density at radius 3 is 2.21 bits per heavy atom. The molecule has 0 aromatic heterocycles. The number of hydrogen-bond acceptors (Lipinski definition) is 4. The SMILES string of the molecule is N#CC1(C(=O)O)C(c2ccc(Cl)cc2)C1S(=O)(=O)c1ccccc1. The van der Waals surface area contributed by atoms with Gasteiger partial charge in [-0.1, -0.05) is 41.9 Å². The standard InChI is InChI=1S/C17H12ClNO4S/c18-12-8-6-11(7-9-12)14-15(17(14,10-19)16(20)21)24(22,23)13-4-2-1-3-5-13/h1-9,14-15H,(H,20,21). The predicted octanol–water partition coefficient (Wildman–Crippen LogP) is 2.87. The van der Waals surface area contributed by atoms with Gasteiger partial charge in [0.2, 0.25) is 0 Å². The number of carboxylic acid groups (broad SMARTS) is 1. The van der Waals surface area contributed by atoms with Crippen molar-refractivity contribution in [2.24, 2.45) is 5.41 Å². The minimum absolute atomic E-state index is 0.00679. The molecule has 1 aliphatic carbocycles. The van der Waals surface area contributed by atoms with Crippen molar-refractivity contribution in [3.8, 4) is 6.07 Å². The first kappa shape index (κ1) is 16.5. The van der Waals surface area contributed by atoms with E-state index in [-0.39, 0.29) is 4.90 Å². The zero-order chi connectivity index (χ0) is 17.5. The minimum Gasteiger partial charge on any atom is -0.480 e. The normalized spacial score (nSPS) is 25.7. The van der Waals surface area contributed by atoms with Crippen LogP contribution >= 0.6 is 11.6 Å². The summed E-state index contributed by atoms with van der Waals surface area (Å²) in [5.41, 5.74) is -1.53. The van der Waals surface area contributed by atoms with Crippen LogP contribution in [0.5, 0.6) is 0 Å². The third kappa shape index (κ3) is 2.29. The van der Waals surface area contributed by atoms with Gasteiger partial charge in [0.15, 0.2) is 15.3 Å². The van der Waals surface area contributed by atoms with Gasteiger partial charge in [-0.2, -0.15) is 5.26 Å². The molecule has 0 bridgehead atoms. The monoisotopic (exact) mass is 361 g/mol. The van der Waals surface area contributed by atoms with E-state index in [0.29, 0.717) is 10.6 Å². The van der Waals surface area contributed by atoms with E-state index in [1.165, 1.54) is 12.1 Å². The lowest BCUT2D eigenvalue weighted by molar-refractivity contribution is -0.141. The first-order chi connectivity index (χ1) is 11.4. The Hall–Kier alpha value is -2.36. The minimum atomic E-state index is -3.97. The molecule has 122 valence electrons. The van der Waals surface area contributed by atoms with Gasteiger partial charge in [-0.15, -0.1) is 0 Å². The number of benzene rings is 2. The van der Waals surface area contributed by atoms with E-state index in [2.05, 4.69) is 0 Å². The fourth-order valence-electron chi connectivity index (χ4n) is 3.08. The predicted molar refractivity (Wildman–Crippen MR) is 87.3 cm³/mol. The first-order valence-electron chi connectivity index (χ1n) is 7.04. The van der Waals surface area contributed by atoms with Crippen LogP contribution < -0.4 is 0 Å². The summed E-state index contributed by atoms with van der Waals surface area (Å²) < 4.78 is 25.8. The highest BCUT2D eigenvalue weighted by Crippen LogP contribution is 2.64. The molecule has 24 heavy (non-hydrogen) atoms. The van der Waals surface area contributed by atoms with Crippen LogP contribution in [0, 0.1) is 16.7 Å². The average molecular weight is 362 g/mol. The molecule has 5 nitrogen and oxygen atoms in total. The third-order valence-corrected chi connectivity index (χ3v) is 6.80. The summed E-state index contributed by atoms with van der Waals surface area (Å²) in [6.45, 7) is 0. The van der Waals surface area contributed by atoms with Crippen molar-refractivity contribution in [1.82, 2.24) is 0 Å². The largest absolute Gasteiger partial charge is 0.480 e. The second-order valence-electron chi connectivity index (χ2n) is 5.59. The molecule has 0 heterocycles. The van der Waals surface area contributed by atoms with Crippen LogP contribution in [0.1, 0.15) is 11.5 Å². The van der Waals surface area contributed by atoms with Gasteiger partial charge in [0.1, 0.15) is 5.25 Å². The van der Waals surface area contributed by atoms with Gasteiger partial charge in [-0.25, -0.2) is 8.42 Å². The maximum atomic E-state index is 12.9. The lowest BCUT2D eigenvalue weighted by Gasteiger charge is -2.04. The van der Waals surface area contributed by atoms with Crippen molar-refractivity contribution in [2.45, 2.75) is 16.1 Å². The van der Waals surface area contributed by atoms with E-state index in [1.54, 1.807) is 48.5 Å². The lowest BCUT2D eigenvalue weighted by Crippen LogP contribution is -2.22. The smallest absolute Gasteiger partial charge is 0.326 e. The molecule has 1 N–H and O–H groups in total. The summed E-state index contributed by atoms with van der Waals surface area (Å²) in [5.74, 6) is -2.38. The van der Waals surface area contributed by atoms with Gasteiger partial charge in [-0.05, 0) is 29.8 Å². The number of carboxylic acids is 1. The molecule has 0 radical (unpaired) electrons. The summed E-state index contributed by atoms with van der Waals surface area (Å²) in [6, 6.07) is 15.5. The number of carbonyl (C=O) groups is 1. The van der Waals surface area contributed by atoms with Crippen LogP contribution in [-0.4, -0.2) is 24.7 Å². The van der Waals surface area contributed by atoms with Crippen molar-refractivity contribution in [3.05, 3.63) is 65.2 Å². The van der Waals surface area contributed by atoms with Gasteiger partial charge in [-0.3, -0.25) is 4.79 Å². The van der Waals surface area contributed by atoms with Gasteiger partial charge >= 0.3 is 5.97 Å². The first-order valence-corrected chi connectivity index (χ1v) is 8.97. The number of hydrogen-bond donors (Lipinski definition) is 1.